The smallest absolute Gasteiger partial charge is 0.219 e. The average molecular weight is 310 g/mol. The van der Waals surface area contributed by atoms with Crippen LogP contribution in [0.25, 0.3) is 0 Å². The maximum Gasteiger partial charge on any atom is 0.219 e. The van der Waals surface area contributed by atoms with E-state index in [1.54, 1.807) is 6.20 Å². The molecule has 2 N–H and O–H groups in total. The second-order valence-electron chi connectivity index (χ2n) is 5.71. The summed E-state index contributed by atoms with van der Waals surface area (Å²) >= 11 is 0. The van der Waals surface area contributed by atoms with Gasteiger partial charge in [0.2, 0.25) is 5.88 Å². The predicted octanol–water partition coefficient (Wildman–Crippen LogP) is 2.93. The summed E-state index contributed by atoms with van der Waals surface area (Å²) in [6.07, 6.45) is 2.86. The van der Waals surface area contributed by atoms with E-state index in [-0.39, 0.29) is 0 Å². The van der Waals surface area contributed by atoms with Crippen molar-refractivity contribution in [3.63, 3.8) is 0 Å². The molecule has 5 heteroatoms. The monoisotopic (exact) mass is 310 g/mol. The summed E-state index contributed by atoms with van der Waals surface area (Å²) in [4.78, 5) is 8.69. The molecule has 0 atom stereocenters. The number of pyridine rings is 1. The lowest BCUT2D eigenvalue weighted by Gasteiger charge is -2.16. The molecule has 0 amide bonds. The molecular formula is C18H22N4O. The van der Waals surface area contributed by atoms with Gasteiger partial charge in [-0.15, -0.1) is 0 Å². The second kappa shape index (κ2) is 7.13. The molecule has 0 unspecified atom stereocenters. The minimum absolute atomic E-state index is 0.603. The van der Waals surface area contributed by atoms with Gasteiger partial charge in [0.05, 0.1) is 0 Å². The van der Waals surface area contributed by atoms with E-state index in [1.165, 1.54) is 11.1 Å². The third-order valence-corrected chi connectivity index (χ3v) is 3.86. The van der Waals surface area contributed by atoms with Crippen molar-refractivity contribution in [3.8, 4) is 11.6 Å². The Morgan fingerprint density at radius 2 is 2.09 bits per heavy atom. The molecule has 0 spiro atoms. The van der Waals surface area contributed by atoms with Crippen molar-refractivity contribution < 1.29 is 4.74 Å². The molecule has 1 aromatic carbocycles. The zero-order valence-electron chi connectivity index (χ0n) is 13.6. The van der Waals surface area contributed by atoms with Crippen molar-refractivity contribution >= 4 is 5.96 Å². The number of nitrogens with one attached hydrogen (secondary N) is 2. The Morgan fingerprint density at radius 3 is 2.87 bits per heavy atom. The van der Waals surface area contributed by atoms with Crippen LogP contribution < -0.4 is 15.4 Å². The van der Waals surface area contributed by atoms with Gasteiger partial charge in [0.25, 0.3) is 0 Å². The first-order valence-corrected chi connectivity index (χ1v) is 7.93. The van der Waals surface area contributed by atoms with Gasteiger partial charge >= 0.3 is 0 Å². The molecule has 0 aliphatic carbocycles. The van der Waals surface area contributed by atoms with Crippen molar-refractivity contribution in [1.82, 2.24) is 15.6 Å². The number of hydrogen-bond acceptors (Lipinski definition) is 5. The van der Waals surface area contributed by atoms with Crippen molar-refractivity contribution in [1.29, 1.82) is 0 Å². The van der Waals surface area contributed by atoms with Crippen LogP contribution in [0.1, 0.15) is 23.1 Å². The van der Waals surface area contributed by atoms with Crippen molar-refractivity contribution in [3.05, 3.63) is 53.2 Å². The van der Waals surface area contributed by atoms with Crippen LogP contribution in [0.4, 0.5) is 0 Å². The maximum absolute atomic E-state index is 5.86. The summed E-state index contributed by atoms with van der Waals surface area (Å²) in [7, 11) is 0. The van der Waals surface area contributed by atoms with E-state index in [1.807, 2.05) is 24.3 Å². The lowest BCUT2D eigenvalue weighted by atomic mass is 10.1. The number of aryl methyl sites for hydroxylation is 2. The summed E-state index contributed by atoms with van der Waals surface area (Å²) in [6.45, 7) is 6.72. The van der Waals surface area contributed by atoms with Crippen LogP contribution in [0, 0.1) is 13.8 Å². The van der Waals surface area contributed by atoms with Crippen LogP contribution in [0.15, 0.2) is 41.5 Å². The van der Waals surface area contributed by atoms with E-state index < -0.39 is 0 Å². The van der Waals surface area contributed by atoms with Crippen molar-refractivity contribution in [2.45, 2.75) is 26.8 Å². The summed E-state index contributed by atoms with van der Waals surface area (Å²) in [5, 5.41) is 6.55. The fourth-order valence-electron chi connectivity index (χ4n) is 2.35. The summed E-state index contributed by atoms with van der Waals surface area (Å²) in [6, 6.07) is 9.98. The summed E-state index contributed by atoms with van der Waals surface area (Å²) < 4.78 is 5.86. The Kier molecular flexibility index (Phi) is 4.76. The standard InChI is InChI=1S/C18H22N4O/c1-13-4-5-16(10-14(13)2)23-17-11-15(6-9-19-17)12-22-18-20-7-3-8-21-18/h4-6,9-11H,3,7-8,12H2,1-2H3,(H2,20,21,22). The maximum atomic E-state index is 5.86. The zero-order chi connectivity index (χ0) is 16.1. The number of aromatic nitrogens is 1. The van der Waals surface area contributed by atoms with E-state index in [4.69, 9.17) is 4.74 Å². The number of aliphatic imine (C=N–C) groups is 1. The van der Waals surface area contributed by atoms with Crippen LogP contribution in [0.5, 0.6) is 11.6 Å². The van der Waals surface area contributed by atoms with Gasteiger partial charge in [-0.25, -0.2) is 4.98 Å². The molecule has 1 aromatic heterocycles. The average Bonchev–Trinajstić information content (AvgIpc) is 2.58. The third kappa shape index (κ3) is 4.22. The first-order valence-electron chi connectivity index (χ1n) is 7.93. The van der Waals surface area contributed by atoms with E-state index in [9.17, 15) is 0 Å². The lowest BCUT2D eigenvalue weighted by Crippen LogP contribution is -2.40. The highest BCUT2D eigenvalue weighted by Crippen LogP contribution is 2.22. The number of hydrogen-bond donors (Lipinski definition) is 2. The Bertz CT molecular complexity index is 712. The Labute approximate surface area is 136 Å². The third-order valence-electron chi connectivity index (χ3n) is 3.86. The SMILES string of the molecule is Cc1ccc(Oc2cc(CNC3=NCCCN3)ccn2)cc1C. The number of guanidine groups is 1. The quantitative estimate of drug-likeness (QED) is 0.911. The molecule has 1 aliphatic heterocycles. The lowest BCUT2D eigenvalue weighted by molar-refractivity contribution is 0.461. The minimum atomic E-state index is 0.603. The van der Waals surface area contributed by atoms with E-state index in [0.29, 0.717) is 12.4 Å². The van der Waals surface area contributed by atoms with Gasteiger partial charge in [0.1, 0.15) is 5.75 Å². The predicted molar refractivity (Wildman–Crippen MR) is 92.0 cm³/mol. The highest BCUT2D eigenvalue weighted by molar-refractivity contribution is 5.80. The first-order chi connectivity index (χ1) is 11.2. The number of ether oxygens (including phenoxy) is 1. The molecule has 2 aromatic rings. The van der Waals surface area contributed by atoms with Crippen LogP contribution in [-0.4, -0.2) is 24.0 Å². The van der Waals surface area contributed by atoms with Crippen LogP contribution in [0.2, 0.25) is 0 Å². The van der Waals surface area contributed by atoms with Gasteiger partial charge in [0, 0.05) is 31.9 Å². The number of rotatable bonds is 4. The molecule has 0 saturated carbocycles. The molecule has 0 bridgehead atoms. The van der Waals surface area contributed by atoms with Crippen molar-refractivity contribution in [2.75, 3.05) is 13.1 Å². The largest absolute Gasteiger partial charge is 0.439 e. The molecule has 1 aliphatic rings. The topological polar surface area (TPSA) is 58.5 Å². The van der Waals surface area contributed by atoms with E-state index >= 15 is 0 Å². The van der Waals surface area contributed by atoms with Crippen LogP contribution >= 0.6 is 0 Å². The van der Waals surface area contributed by atoms with Gasteiger partial charge < -0.3 is 15.4 Å². The molecule has 3 rings (SSSR count). The minimum Gasteiger partial charge on any atom is -0.439 e. The number of benzene rings is 1. The van der Waals surface area contributed by atoms with Gasteiger partial charge in [-0.1, -0.05) is 6.07 Å². The Balaban J connectivity index is 1.64. The summed E-state index contributed by atoms with van der Waals surface area (Å²) in [5.74, 6) is 2.28. The molecule has 0 saturated heterocycles. The molecule has 2 heterocycles. The fourth-order valence-corrected chi connectivity index (χ4v) is 2.35. The van der Waals surface area contributed by atoms with Gasteiger partial charge in [-0.3, -0.25) is 4.99 Å². The molecule has 5 nitrogen and oxygen atoms in total. The highest BCUT2D eigenvalue weighted by atomic mass is 16.5. The van der Waals surface area contributed by atoms with Gasteiger partial charge in [-0.05, 0) is 55.2 Å². The Morgan fingerprint density at radius 1 is 1.17 bits per heavy atom. The summed E-state index contributed by atoms with van der Waals surface area (Å²) in [5.41, 5.74) is 3.57. The van der Waals surface area contributed by atoms with Crippen LogP contribution in [-0.2, 0) is 6.54 Å². The van der Waals surface area contributed by atoms with Crippen molar-refractivity contribution in [2.24, 2.45) is 4.99 Å². The van der Waals surface area contributed by atoms with E-state index in [0.717, 1.165) is 36.8 Å². The molecule has 0 fully saturated rings. The molecule has 23 heavy (non-hydrogen) atoms. The molecular weight excluding hydrogens is 288 g/mol. The second-order valence-corrected chi connectivity index (χ2v) is 5.71. The number of nitrogens with zero attached hydrogens (tertiary/aromatic N) is 2. The van der Waals surface area contributed by atoms with Crippen LogP contribution in [0.3, 0.4) is 0 Å². The fraction of sp³-hybridized carbons (Fsp3) is 0.333. The zero-order valence-corrected chi connectivity index (χ0v) is 13.6. The van der Waals surface area contributed by atoms with Gasteiger partial charge in [0.15, 0.2) is 5.96 Å². The van der Waals surface area contributed by atoms with Gasteiger partial charge in [-0.2, -0.15) is 0 Å². The normalized spacial score (nSPS) is 13.9. The van der Waals surface area contributed by atoms with E-state index in [2.05, 4.69) is 40.5 Å². The molecule has 0 radical (unpaired) electrons. The first kappa shape index (κ1) is 15.3. The molecule has 120 valence electrons. The highest BCUT2D eigenvalue weighted by Gasteiger charge is 2.05. The Hall–Kier alpha value is -2.56.